The van der Waals surface area contributed by atoms with Crippen molar-refractivity contribution < 1.29 is 18.1 Å². The first-order valence-electron chi connectivity index (χ1n) is 6.74. The van der Waals surface area contributed by atoms with E-state index in [1.54, 1.807) is 11.8 Å². The molecule has 0 radical (unpaired) electrons. The van der Waals surface area contributed by atoms with Crippen LogP contribution in [-0.2, 0) is 17.8 Å². The van der Waals surface area contributed by atoms with E-state index in [0.717, 1.165) is 12.1 Å². The third-order valence-corrected chi connectivity index (χ3v) is 3.54. The number of benzene rings is 1. The Labute approximate surface area is 125 Å². The molecule has 6 heteroatoms. The van der Waals surface area contributed by atoms with Crippen molar-refractivity contribution in [2.45, 2.75) is 19.9 Å². The van der Waals surface area contributed by atoms with Crippen LogP contribution in [0.4, 0.5) is 8.78 Å². The largest absolute Gasteiger partial charge is 0.360 e. The van der Waals surface area contributed by atoms with Gasteiger partial charge in [0.15, 0.2) is 11.6 Å². The van der Waals surface area contributed by atoms with Gasteiger partial charge >= 0.3 is 0 Å². The monoisotopic (exact) mass is 302 g/mol. The van der Waals surface area contributed by atoms with Crippen molar-refractivity contribution in [3.8, 4) is 23.1 Å². The van der Waals surface area contributed by atoms with Gasteiger partial charge in [-0.15, -0.1) is 0 Å². The van der Waals surface area contributed by atoms with Crippen molar-refractivity contribution in [2.24, 2.45) is 0 Å². The number of halogens is 2. The van der Waals surface area contributed by atoms with Gasteiger partial charge < -0.3 is 9.42 Å². The van der Waals surface area contributed by atoms with E-state index in [-0.39, 0.29) is 5.91 Å². The highest BCUT2D eigenvalue weighted by atomic mass is 19.2. The second kappa shape index (κ2) is 5.60. The van der Waals surface area contributed by atoms with E-state index in [0.29, 0.717) is 42.1 Å². The molecule has 0 bridgehead atoms. The minimum absolute atomic E-state index is 0.273. The van der Waals surface area contributed by atoms with Gasteiger partial charge in [0.1, 0.15) is 11.5 Å². The van der Waals surface area contributed by atoms with Gasteiger partial charge in [-0.3, -0.25) is 4.79 Å². The summed E-state index contributed by atoms with van der Waals surface area (Å²) in [4.78, 5) is 13.5. The predicted octanol–water partition coefficient (Wildman–Crippen LogP) is 2.53. The van der Waals surface area contributed by atoms with Gasteiger partial charge in [0.25, 0.3) is 5.91 Å². The Morgan fingerprint density at radius 2 is 2.18 bits per heavy atom. The van der Waals surface area contributed by atoms with Gasteiger partial charge in [-0.05, 0) is 31.0 Å². The van der Waals surface area contributed by atoms with Gasteiger partial charge in [0.2, 0.25) is 0 Å². The Bertz CT molecular complexity index is 802. The Balaban J connectivity index is 1.96. The Morgan fingerprint density at radius 3 is 2.91 bits per heavy atom. The minimum Gasteiger partial charge on any atom is -0.360 e. The van der Waals surface area contributed by atoms with Gasteiger partial charge in [0.05, 0.1) is 6.54 Å². The number of aromatic nitrogens is 1. The average Bonchev–Trinajstić information content (AvgIpc) is 2.93. The third-order valence-electron chi connectivity index (χ3n) is 3.54. The second-order valence-electron chi connectivity index (χ2n) is 4.91. The summed E-state index contributed by atoms with van der Waals surface area (Å²) in [5, 5.41) is 3.94. The lowest BCUT2D eigenvalue weighted by Gasteiger charge is -2.24. The quantitative estimate of drug-likeness (QED) is 0.761. The molecule has 0 spiro atoms. The van der Waals surface area contributed by atoms with Gasteiger partial charge in [-0.25, -0.2) is 8.78 Å². The summed E-state index contributed by atoms with van der Waals surface area (Å²) in [5.41, 5.74) is 1.55. The highest BCUT2D eigenvalue weighted by Crippen LogP contribution is 2.30. The van der Waals surface area contributed by atoms with Crippen LogP contribution in [0.2, 0.25) is 0 Å². The summed E-state index contributed by atoms with van der Waals surface area (Å²) in [5.74, 6) is 3.58. The molecular formula is C16H12F2N2O2. The van der Waals surface area contributed by atoms with E-state index in [1.165, 1.54) is 6.07 Å². The molecular weight excluding hydrogens is 290 g/mol. The van der Waals surface area contributed by atoms with Crippen LogP contribution in [0.15, 0.2) is 22.7 Å². The van der Waals surface area contributed by atoms with E-state index in [4.69, 9.17) is 4.52 Å². The molecule has 22 heavy (non-hydrogen) atoms. The second-order valence-corrected chi connectivity index (χ2v) is 4.91. The molecule has 0 saturated heterocycles. The summed E-state index contributed by atoms with van der Waals surface area (Å²) in [6.07, 6.45) is 0.517. The van der Waals surface area contributed by atoms with Crippen molar-refractivity contribution >= 4 is 5.91 Å². The molecule has 4 nitrogen and oxygen atoms in total. The van der Waals surface area contributed by atoms with Crippen LogP contribution in [0.5, 0.6) is 0 Å². The summed E-state index contributed by atoms with van der Waals surface area (Å²) in [7, 11) is 0. The van der Waals surface area contributed by atoms with Gasteiger partial charge in [-0.2, -0.15) is 0 Å². The number of carbonyl (C=O) groups is 1. The number of hydrogen-bond donors (Lipinski definition) is 0. The summed E-state index contributed by atoms with van der Waals surface area (Å²) >= 11 is 0. The van der Waals surface area contributed by atoms with Crippen LogP contribution < -0.4 is 0 Å². The molecule has 0 N–H and O–H groups in total. The molecule has 1 aromatic carbocycles. The SMILES string of the molecule is CC#CC(=O)N1CCc2onc(-c3ccc(F)c(F)c3)c2C1. The topological polar surface area (TPSA) is 46.3 Å². The molecule has 0 fully saturated rings. The van der Waals surface area contributed by atoms with Crippen LogP contribution >= 0.6 is 0 Å². The number of rotatable bonds is 1. The molecule has 0 atom stereocenters. The average molecular weight is 302 g/mol. The zero-order chi connectivity index (χ0) is 15.7. The molecule has 2 heterocycles. The molecule has 112 valence electrons. The van der Waals surface area contributed by atoms with Crippen molar-refractivity contribution in [3.63, 3.8) is 0 Å². The Morgan fingerprint density at radius 1 is 1.36 bits per heavy atom. The fourth-order valence-corrected chi connectivity index (χ4v) is 2.44. The van der Waals surface area contributed by atoms with Crippen molar-refractivity contribution in [1.82, 2.24) is 10.1 Å². The molecule has 1 aromatic heterocycles. The van der Waals surface area contributed by atoms with Crippen LogP contribution in [0.25, 0.3) is 11.3 Å². The maximum atomic E-state index is 13.4. The van der Waals surface area contributed by atoms with Crippen LogP contribution in [0, 0.1) is 23.5 Å². The predicted molar refractivity (Wildman–Crippen MR) is 74.4 cm³/mol. The third kappa shape index (κ3) is 2.46. The number of nitrogens with zero attached hydrogens (tertiary/aromatic N) is 2. The zero-order valence-corrected chi connectivity index (χ0v) is 11.8. The maximum absolute atomic E-state index is 13.4. The molecule has 0 aliphatic carbocycles. The first kappa shape index (κ1) is 14.3. The van der Waals surface area contributed by atoms with E-state index in [9.17, 15) is 13.6 Å². The smallest absolute Gasteiger partial charge is 0.298 e. The molecule has 1 aliphatic heterocycles. The summed E-state index contributed by atoms with van der Waals surface area (Å²) in [6.45, 7) is 2.38. The van der Waals surface area contributed by atoms with Crippen molar-refractivity contribution in [3.05, 3.63) is 41.2 Å². The number of fused-ring (bicyclic) bond motifs is 1. The lowest BCUT2D eigenvalue weighted by molar-refractivity contribution is -0.126. The van der Waals surface area contributed by atoms with Gasteiger partial charge in [-0.1, -0.05) is 11.1 Å². The molecule has 1 aliphatic rings. The lowest BCUT2D eigenvalue weighted by atomic mass is 10.0. The first-order valence-corrected chi connectivity index (χ1v) is 6.74. The highest BCUT2D eigenvalue weighted by molar-refractivity contribution is 5.93. The number of hydrogen-bond acceptors (Lipinski definition) is 3. The fourth-order valence-electron chi connectivity index (χ4n) is 2.44. The molecule has 0 unspecified atom stereocenters. The van der Waals surface area contributed by atoms with Crippen molar-refractivity contribution in [2.75, 3.05) is 6.54 Å². The lowest BCUT2D eigenvalue weighted by Crippen LogP contribution is -2.34. The van der Waals surface area contributed by atoms with E-state index >= 15 is 0 Å². The van der Waals surface area contributed by atoms with E-state index in [2.05, 4.69) is 17.0 Å². The fraction of sp³-hybridized carbons (Fsp3) is 0.250. The van der Waals surface area contributed by atoms with Crippen LogP contribution in [0.1, 0.15) is 18.2 Å². The summed E-state index contributed by atoms with van der Waals surface area (Å²) < 4.78 is 31.7. The van der Waals surface area contributed by atoms with Crippen molar-refractivity contribution in [1.29, 1.82) is 0 Å². The minimum atomic E-state index is -0.949. The van der Waals surface area contributed by atoms with Gasteiger partial charge in [0, 0.05) is 24.1 Å². The van der Waals surface area contributed by atoms with Crippen LogP contribution in [-0.4, -0.2) is 22.5 Å². The molecule has 3 rings (SSSR count). The number of carbonyl (C=O) groups excluding carboxylic acids is 1. The zero-order valence-electron chi connectivity index (χ0n) is 11.8. The standard InChI is InChI=1S/C16H12F2N2O2/c1-2-3-15(21)20-7-6-14-11(9-20)16(19-22-14)10-4-5-12(17)13(18)8-10/h4-5,8H,6-7,9H2,1H3. The molecule has 0 saturated carbocycles. The number of amides is 1. The Kier molecular flexibility index (Phi) is 3.63. The summed E-state index contributed by atoms with van der Waals surface area (Å²) in [6, 6.07) is 3.54. The van der Waals surface area contributed by atoms with E-state index in [1.807, 2.05) is 0 Å². The Hall–Kier alpha value is -2.68. The van der Waals surface area contributed by atoms with Crippen LogP contribution in [0.3, 0.4) is 0 Å². The molecule has 1 amide bonds. The highest BCUT2D eigenvalue weighted by Gasteiger charge is 2.27. The van der Waals surface area contributed by atoms with E-state index < -0.39 is 11.6 Å². The molecule has 2 aromatic rings. The first-order chi connectivity index (χ1) is 10.6. The normalized spacial score (nSPS) is 13.3. The maximum Gasteiger partial charge on any atom is 0.298 e.